The molecular formula is C17H13NO2. The molecule has 0 atom stereocenters. The van der Waals surface area contributed by atoms with Crippen LogP contribution in [-0.4, -0.2) is 17.6 Å². The van der Waals surface area contributed by atoms with Gasteiger partial charge < -0.3 is 4.74 Å². The summed E-state index contributed by atoms with van der Waals surface area (Å²) in [6.45, 7) is 2.07. The van der Waals surface area contributed by atoms with E-state index in [1.807, 2.05) is 41.0 Å². The van der Waals surface area contributed by atoms with Gasteiger partial charge in [0.2, 0.25) is 0 Å². The quantitative estimate of drug-likeness (QED) is 0.525. The lowest BCUT2D eigenvalue weighted by Crippen LogP contribution is -2.05. The predicted molar refractivity (Wildman–Crippen MR) is 78.4 cm³/mol. The Kier molecular flexibility index (Phi) is 2.11. The van der Waals surface area contributed by atoms with Crippen molar-refractivity contribution in [2.75, 3.05) is 7.11 Å². The van der Waals surface area contributed by atoms with Gasteiger partial charge in [0.05, 0.1) is 18.3 Å². The summed E-state index contributed by atoms with van der Waals surface area (Å²) >= 11 is 0. The molecular weight excluding hydrogens is 250 g/mol. The number of hydrogen-bond acceptors (Lipinski definition) is 2. The molecule has 0 spiro atoms. The first-order valence-corrected chi connectivity index (χ1v) is 6.55. The summed E-state index contributed by atoms with van der Waals surface area (Å²) in [5.41, 5.74) is 4.81. The van der Waals surface area contributed by atoms with Gasteiger partial charge in [-0.1, -0.05) is 18.2 Å². The summed E-state index contributed by atoms with van der Waals surface area (Å²) in [4.78, 5) is 12.6. The van der Waals surface area contributed by atoms with Gasteiger partial charge in [0.15, 0.2) is 0 Å². The Hall–Kier alpha value is -2.55. The largest absolute Gasteiger partial charge is 0.497 e. The van der Waals surface area contributed by atoms with Crippen molar-refractivity contribution in [1.82, 2.24) is 4.57 Å². The fourth-order valence-electron chi connectivity index (χ4n) is 3.09. The number of aromatic nitrogens is 1. The van der Waals surface area contributed by atoms with E-state index in [0.29, 0.717) is 0 Å². The third-order valence-corrected chi connectivity index (χ3v) is 4.04. The standard InChI is InChI=1S/C17H13NO2/c1-10-12-5-3-4-6-15(12)18-16(10)14-9-11(20-2)7-8-13(14)17(18)19/h3-9H,1-2H3. The molecule has 0 saturated heterocycles. The zero-order valence-corrected chi connectivity index (χ0v) is 11.3. The van der Waals surface area contributed by atoms with Gasteiger partial charge in [-0.15, -0.1) is 0 Å². The molecule has 0 radical (unpaired) electrons. The van der Waals surface area contributed by atoms with E-state index in [9.17, 15) is 4.79 Å². The first-order chi connectivity index (χ1) is 9.72. The lowest BCUT2D eigenvalue weighted by atomic mass is 10.0. The Bertz CT molecular complexity index is 874. The average molecular weight is 263 g/mol. The van der Waals surface area contributed by atoms with Crippen LogP contribution >= 0.6 is 0 Å². The minimum absolute atomic E-state index is 0.0435. The highest BCUT2D eigenvalue weighted by Gasteiger charge is 2.31. The van der Waals surface area contributed by atoms with E-state index in [1.54, 1.807) is 7.11 Å². The molecule has 0 fully saturated rings. The number of nitrogens with zero attached hydrogens (tertiary/aromatic N) is 1. The molecule has 0 aliphatic carbocycles. The minimum Gasteiger partial charge on any atom is -0.497 e. The van der Waals surface area contributed by atoms with Crippen molar-refractivity contribution < 1.29 is 9.53 Å². The molecule has 0 N–H and O–H groups in total. The molecule has 1 aliphatic heterocycles. The minimum atomic E-state index is 0.0435. The molecule has 3 aromatic rings. The fourth-order valence-corrected chi connectivity index (χ4v) is 3.09. The summed E-state index contributed by atoms with van der Waals surface area (Å²) in [7, 11) is 1.64. The Labute approximate surface area is 116 Å². The van der Waals surface area contributed by atoms with Gasteiger partial charge in [0.1, 0.15) is 5.75 Å². The maximum atomic E-state index is 12.6. The van der Waals surface area contributed by atoms with Crippen molar-refractivity contribution in [3.63, 3.8) is 0 Å². The number of ether oxygens (including phenoxy) is 1. The number of carbonyl (C=O) groups excluding carboxylic acids is 1. The Balaban J connectivity index is 2.15. The van der Waals surface area contributed by atoms with Gasteiger partial charge in [-0.25, -0.2) is 0 Å². The van der Waals surface area contributed by atoms with Crippen LogP contribution in [0.15, 0.2) is 42.5 Å². The van der Waals surface area contributed by atoms with Gasteiger partial charge in [0, 0.05) is 16.5 Å². The van der Waals surface area contributed by atoms with Crippen molar-refractivity contribution in [1.29, 1.82) is 0 Å². The molecule has 0 bridgehead atoms. The monoisotopic (exact) mass is 263 g/mol. The van der Waals surface area contributed by atoms with Gasteiger partial charge >= 0.3 is 0 Å². The van der Waals surface area contributed by atoms with Crippen LogP contribution in [0.2, 0.25) is 0 Å². The van der Waals surface area contributed by atoms with Crippen LogP contribution in [-0.2, 0) is 0 Å². The highest BCUT2D eigenvalue weighted by atomic mass is 16.5. The maximum Gasteiger partial charge on any atom is 0.263 e. The van der Waals surface area contributed by atoms with Gasteiger partial charge in [0.25, 0.3) is 5.91 Å². The van der Waals surface area contributed by atoms with E-state index in [1.165, 1.54) is 0 Å². The van der Waals surface area contributed by atoms with E-state index < -0.39 is 0 Å². The van der Waals surface area contributed by atoms with E-state index in [2.05, 4.69) is 13.0 Å². The molecule has 3 heteroatoms. The molecule has 0 unspecified atom stereocenters. The summed E-state index contributed by atoms with van der Waals surface area (Å²) < 4.78 is 7.10. The lowest BCUT2D eigenvalue weighted by molar-refractivity contribution is 0.0973. The molecule has 1 aromatic heterocycles. The molecule has 98 valence electrons. The summed E-state index contributed by atoms with van der Waals surface area (Å²) in [5.74, 6) is 0.816. The second kappa shape index (κ2) is 3.73. The zero-order valence-electron chi connectivity index (χ0n) is 11.3. The number of hydrogen-bond donors (Lipinski definition) is 0. The Morgan fingerprint density at radius 3 is 2.65 bits per heavy atom. The lowest BCUT2D eigenvalue weighted by Gasteiger charge is -2.03. The van der Waals surface area contributed by atoms with Crippen molar-refractivity contribution in [2.45, 2.75) is 6.92 Å². The van der Waals surface area contributed by atoms with Crippen LogP contribution in [0.5, 0.6) is 5.75 Å². The molecule has 0 saturated carbocycles. The average Bonchev–Trinajstić information content (AvgIpc) is 2.95. The van der Waals surface area contributed by atoms with E-state index >= 15 is 0 Å². The first-order valence-electron chi connectivity index (χ1n) is 6.55. The highest BCUT2D eigenvalue weighted by Crippen LogP contribution is 2.41. The van der Waals surface area contributed by atoms with E-state index in [0.717, 1.165) is 39.0 Å². The molecule has 0 amide bonds. The van der Waals surface area contributed by atoms with Crippen molar-refractivity contribution in [3.05, 3.63) is 53.6 Å². The summed E-state index contributed by atoms with van der Waals surface area (Å²) in [6.07, 6.45) is 0. The van der Waals surface area contributed by atoms with Crippen LogP contribution in [0, 0.1) is 6.92 Å². The number of fused-ring (bicyclic) bond motifs is 5. The number of rotatable bonds is 1. The number of benzene rings is 2. The SMILES string of the molecule is COc1ccc2c(c1)-c1c(C)c3ccccc3n1C2=O. The zero-order chi connectivity index (χ0) is 13.9. The van der Waals surface area contributed by atoms with Crippen molar-refractivity contribution >= 4 is 16.8 Å². The predicted octanol–water partition coefficient (Wildman–Crippen LogP) is 3.63. The highest BCUT2D eigenvalue weighted by molar-refractivity contribution is 6.16. The smallest absolute Gasteiger partial charge is 0.263 e. The van der Waals surface area contributed by atoms with Crippen LogP contribution in [0.4, 0.5) is 0 Å². The molecule has 3 nitrogen and oxygen atoms in total. The fraction of sp³-hybridized carbons (Fsp3) is 0.118. The molecule has 2 aromatic carbocycles. The first kappa shape index (κ1) is 11.3. The van der Waals surface area contributed by atoms with Gasteiger partial charge in [-0.05, 0) is 36.8 Å². The van der Waals surface area contributed by atoms with Crippen LogP contribution in [0.25, 0.3) is 22.2 Å². The van der Waals surface area contributed by atoms with Crippen molar-refractivity contribution in [3.8, 4) is 17.0 Å². The normalized spacial score (nSPS) is 12.6. The summed E-state index contributed by atoms with van der Waals surface area (Å²) in [6, 6.07) is 13.6. The number of aryl methyl sites for hydroxylation is 1. The van der Waals surface area contributed by atoms with Gasteiger partial charge in [-0.3, -0.25) is 9.36 Å². The molecule has 2 heterocycles. The van der Waals surface area contributed by atoms with Gasteiger partial charge in [-0.2, -0.15) is 0 Å². The number of methoxy groups -OCH3 is 1. The topological polar surface area (TPSA) is 31.2 Å². The van der Waals surface area contributed by atoms with Crippen LogP contribution < -0.4 is 4.74 Å². The summed E-state index contributed by atoms with van der Waals surface area (Å²) in [5, 5.41) is 1.13. The second-order valence-electron chi connectivity index (χ2n) is 5.04. The van der Waals surface area contributed by atoms with E-state index in [-0.39, 0.29) is 5.91 Å². The number of carbonyl (C=O) groups is 1. The Morgan fingerprint density at radius 2 is 1.85 bits per heavy atom. The third-order valence-electron chi connectivity index (χ3n) is 4.04. The Morgan fingerprint density at radius 1 is 1.05 bits per heavy atom. The molecule has 20 heavy (non-hydrogen) atoms. The van der Waals surface area contributed by atoms with Crippen LogP contribution in [0.3, 0.4) is 0 Å². The third kappa shape index (κ3) is 1.22. The van der Waals surface area contributed by atoms with E-state index in [4.69, 9.17) is 4.74 Å². The molecule has 4 rings (SSSR count). The second-order valence-corrected chi connectivity index (χ2v) is 5.04. The van der Waals surface area contributed by atoms with Crippen LogP contribution in [0.1, 0.15) is 15.9 Å². The molecule has 1 aliphatic rings. The number of para-hydroxylation sites is 1. The van der Waals surface area contributed by atoms with Crippen molar-refractivity contribution in [2.24, 2.45) is 0 Å². The maximum absolute atomic E-state index is 12.6.